The fourth-order valence-corrected chi connectivity index (χ4v) is 3.12. The van der Waals surface area contributed by atoms with Gasteiger partial charge in [-0.1, -0.05) is 17.3 Å². The molecule has 0 saturated carbocycles. The van der Waals surface area contributed by atoms with E-state index in [1.807, 2.05) is 0 Å². The number of nitrogens with zero attached hydrogens (tertiary/aromatic N) is 4. The minimum atomic E-state index is -0.502. The van der Waals surface area contributed by atoms with Crippen molar-refractivity contribution >= 4 is 5.97 Å². The standard InChI is InChI=1S/C17H21FN4O3/c1-24-15-7-3-5-12(16(15)18)9-21-8-4-6-13(10-21)22-11-14(19-20-22)17(23)25-2/h3,5,7,11,13H,4,6,8-10H2,1-2H3/t13-/m0/s1. The number of likely N-dealkylation sites (tertiary alicyclic amines) is 1. The highest BCUT2D eigenvalue weighted by molar-refractivity contribution is 5.86. The fraction of sp³-hybridized carbons (Fsp3) is 0.471. The van der Waals surface area contributed by atoms with Crippen molar-refractivity contribution in [3.05, 3.63) is 41.5 Å². The Bertz CT molecular complexity index is 749. The van der Waals surface area contributed by atoms with Crippen LogP contribution in [-0.4, -0.2) is 53.2 Å². The topological polar surface area (TPSA) is 69.5 Å². The monoisotopic (exact) mass is 348 g/mol. The third kappa shape index (κ3) is 3.79. The lowest BCUT2D eigenvalue weighted by Gasteiger charge is -2.32. The molecule has 0 unspecified atom stereocenters. The van der Waals surface area contributed by atoms with E-state index < -0.39 is 5.97 Å². The predicted molar refractivity (Wildman–Crippen MR) is 87.9 cm³/mol. The number of hydrogen-bond acceptors (Lipinski definition) is 6. The van der Waals surface area contributed by atoms with Gasteiger partial charge in [-0.2, -0.15) is 0 Å². The minimum Gasteiger partial charge on any atom is -0.494 e. The first-order valence-electron chi connectivity index (χ1n) is 8.16. The second-order valence-electron chi connectivity index (χ2n) is 6.04. The Morgan fingerprint density at radius 2 is 2.24 bits per heavy atom. The molecule has 0 aliphatic carbocycles. The van der Waals surface area contributed by atoms with E-state index >= 15 is 0 Å². The second kappa shape index (κ2) is 7.60. The lowest BCUT2D eigenvalue weighted by Crippen LogP contribution is -2.36. The number of esters is 1. The summed E-state index contributed by atoms with van der Waals surface area (Å²) in [6, 6.07) is 5.26. The van der Waals surface area contributed by atoms with E-state index in [9.17, 15) is 9.18 Å². The summed E-state index contributed by atoms with van der Waals surface area (Å²) in [5.74, 6) is -0.566. The molecule has 1 aromatic heterocycles. The van der Waals surface area contributed by atoms with Crippen LogP contribution in [0.3, 0.4) is 0 Å². The zero-order valence-corrected chi connectivity index (χ0v) is 14.3. The first-order valence-corrected chi connectivity index (χ1v) is 8.16. The van der Waals surface area contributed by atoms with Gasteiger partial charge in [-0.05, 0) is 25.5 Å². The summed E-state index contributed by atoms with van der Waals surface area (Å²) < 4.78 is 25.7. The number of rotatable bonds is 5. The van der Waals surface area contributed by atoms with Crippen LogP contribution < -0.4 is 4.74 Å². The SMILES string of the molecule is COC(=O)c1cn([C@H]2CCCN(Cc3cccc(OC)c3F)C2)nn1. The summed E-state index contributed by atoms with van der Waals surface area (Å²) in [7, 11) is 2.77. The Hall–Kier alpha value is -2.48. The molecule has 0 radical (unpaired) electrons. The lowest BCUT2D eigenvalue weighted by molar-refractivity contribution is 0.0594. The Kier molecular flexibility index (Phi) is 5.28. The van der Waals surface area contributed by atoms with Crippen molar-refractivity contribution in [1.29, 1.82) is 0 Å². The highest BCUT2D eigenvalue weighted by Gasteiger charge is 2.24. The van der Waals surface area contributed by atoms with Crippen LogP contribution in [-0.2, 0) is 11.3 Å². The van der Waals surface area contributed by atoms with Crippen molar-refractivity contribution in [3.8, 4) is 5.75 Å². The van der Waals surface area contributed by atoms with E-state index in [1.54, 1.807) is 29.1 Å². The highest BCUT2D eigenvalue weighted by atomic mass is 19.1. The molecule has 3 rings (SSSR count). The zero-order chi connectivity index (χ0) is 17.8. The van der Waals surface area contributed by atoms with Gasteiger partial charge in [0.2, 0.25) is 0 Å². The van der Waals surface area contributed by atoms with Gasteiger partial charge in [0.1, 0.15) is 0 Å². The van der Waals surface area contributed by atoms with Crippen LogP contribution in [0, 0.1) is 5.82 Å². The molecule has 1 atom stereocenters. The van der Waals surface area contributed by atoms with Gasteiger partial charge in [0, 0.05) is 18.7 Å². The molecular formula is C17H21FN4O3. The van der Waals surface area contributed by atoms with Crippen molar-refractivity contribution < 1.29 is 18.7 Å². The number of methoxy groups -OCH3 is 2. The maximum atomic E-state index is 14.3. The Morgan fingerprint density at radius 3 is 3.00 bits per heavy atom. The van der Waals surface area contributed by atoms with Crippen LogP contribution in [0.4, 0.5) is 4.39 Å². The Morgan fingerprint density at radius 1 is 1.40 bits per heavy atom. The van der Waals surface area contributed by atoms with Gasteiger partial charge in [0.05, 0.1) is 26.5 Å². The molecule has 25 heavy (non-hydrogen) atoms. The van der Waals surface area contributed by atoms with Crippen LogP contribution in [0.1, 0.15) is 34.9 Å². The second-order valence-corrected chi connectivity index (χ2v) is 6.04. The Balaban J connectivity index is 1.69. The molecule has 0 bridgehead atoms. The van der Waals surface area contributed by atoms with Gasteiger partial charge in [0.15, 0.2) is 17.3 Å². The maximum Gasteiger partial charge on any atom is 0.360 e. The van der Waals surface area contributed by atoms with Crippen molar-refractivity contribution in [3.63, 3.8) is 0 Å². The average molecular weight is 348 g/mol. The number of hydrogen-bond donors (Lipinski definition) is 0. The predicted octanol–water partition coefficient (Wildman–Crippen LogP) is 2.05. The normalized spacial score (nSPS) is 18.1. The van der Waals surface area contributed by atoms with E-state index in [1.165, 1.54) is 14.2 Å². The molecule has 1 aromatic carbocycles. The summed E-state index contributed by atoms with van der Waals surface area (Å²) in [4.78, 5) is 13.7. The molecule has 2 aromatic rings. The van der Waals surface area contributed by atoms with Gasteiger partial charge in [-0.3, -0.25) is 4.90 Å². The molecule has 0 N–H and O–H groups in total. The van der Waals surface area contributed by atoms with Gasteiger partial charge >= 0.3 is 5.97 Å². The van der Waals surface area contributed by atoms with E-state index in [4.69, 9.17) is 4.74 Å². The van der Waals surface area contributed by atoms with Crippen LogP contribution in [0.15, 0.2) is 24.4 Å². The minimum absolute atomic E-state index is 0.0910. The number of ether oxygens (including phenoxy) is 2. The van der Waals surface area contributed by atoms with Crippen LogP contribution >= 0.6 is 0 Å². The molecule has 7 nitrogen and oxygen atoms in total. The molecule has 2 heterocycles. The fourth-order valence-electron chi connectivity index (χ4n) is 3.12. The molecule has 0 amide bonds. The number of benzene rings is 1. The van der Waals surface area contributed by atoms with Crippen LogP contribution in [0.25, 0.3) is 0 Å². The number of carbonyl (C=O) groups excluding carboxylic acids is 1. The van der Waals surface area contributed by atoms with E-state index in [0.29, 0.717) is 18.7 Å². The summed E-state index contributed by atoms with van der Waals surface area (Å²) in [6.45, 7) is 2.09. The molecule has 1 aliphatic rings. The van der Waals surface area contributed by atoms with Crippen molar-refractivity contribution in [2.24, 2.45) is 0 Å². The molecule has 8 heteroatoms. The largest absolute Gasteiger partial charge is 0.494 e. The van der Waals surface area contributed by atoms with Crippen molar-refractivity contribution in [1.82, 2.24) is 19.9 Å². The highest BCUT2D eigenvalue weighted by Crippen LogP contribution is 2.25. The molecule has 0 spiro atoms. The van der Waals surface area contributed by atoms with Crippen LogP contribution in [0.2, 0.25) is 0 Å². The molecule has 1 saturated heterocycles. The molecular weight excluding hydrogens is 327 g/mol. The van der Waals surface area contributed by atoms with Gasteiger partial charge in [0.25, 0.3) is 0 Å². The number of halogens is 1. The van der Waals surface area contributed by atoms with E-state index in [-0.39, 0.29) is 23.3 Å². The average Bonchev–Trinajstić information content (AvgIpc) is 3.13. The molecule has 1 fully saturated rings. The van der Waals surface area contributed by atoms with Crippen molar-refractivity contribution in [2.75, 3.05) is 27.3 Å². The lowest BCUT2D eigenvalue weighted by atomic mass is 10.0. The molecule has 134 valence electrons. The van der Waals surface area contributed by atoms with Crippen LogP contribution in [0.5, 0.6) is 5.75 Å². The van der Waals surface area contributed by atoms with Gasteiger partial charge < -0.3 is 9.47 Å². The quantitative estimate of drug-likeness (QED) is 0.771. The summed E-state index contributed by atoms with van der Waals surface area (Å²) in [5.41, 5.74) is 0.798. The number of aromatic nitrogens is 3. The van der Waals surface area contributed by atoms with E-state index in [2.05, 4.69) is 19.9 Å². The zero-order valence-electron chi connectivity index (χ0n) is 14.3. The maximum absolute atomic E-state index is 14.3. The molecule has 1 aliphatic heterocycles. The van der Waals surface area contributed by atoms with Gasteiger partial charge in [-0.15, -0.1) is 5.10 Å². The third-order valence-corrected chi connectivity index (χ3v) is 4.42. The Labute approximate surface area is 145 Å². The summed E-state index contributed by atoms with van der Waals surface area (Å²) in [5, 5.41) is 7.89. The smallest absolute Gasteiger partial charge is 0.360 e. The number of carbonyl (C=O) groups is 1. The van der Waals surface area contributed by atoms with Crippen molar-refractivity contribution in [2.45, 2.75) is 25.4 Å². The third-order valence-electron chi connectivity index (χ3n) is 4.42. The summed E-state index contributed by atoms with van der Waals surface area (Å²) in [6.07, 6.45) is 3.50. The van der Waals surface area contributed by atoms with Gasteiger partial charge in [-0.25, -0.2) is 13.9 Å². The first kappa shape index (κ1) is 17.3. The first-order chi connectivity index (χ1) is 12.1. The summed E-state index contributed by atoms with van der Waals surface area (Å²) >= 11 is 0. The number of piperidine rings is 1. The van der Waals surface area contributed by atoms with E-state index in [0.717, 1.165) is 19.4 Å².